The molecule has 2 aliphatic rings. The Balaban J connectivity index is 1.39. The molecular weight excluding hydrogens is 406 g/mol. The van der Waals surface area contributed by atoms with E-state index in [2.05, 4.69) is 15.7 Å². The molecule has 8 heteroatoms. The topological polar surface area (TPSA) is 96.3 Å². The summed E-state index contributed by atoms with van der Waals surface area (Å²) in [6.07, 6.45) is 6.20. The second-order valence-corrected chi connectivity index (χ2v) is 8.74. The second kappa shape index (κ2) is 9.97. The van der Waals surface area contributed by atoms with Crippen LogP contribution in [0.5, 0.6) is 0 Å². The Morgan fingerprint density at radius 3 is 2.59 bits per heavy atom. The number of fused-ring (bicyclic) bond motifs is 1. The number of aromatic nitrogens is 2. The summed E-state index contributed by atoms with van der Waals surface area (Å²) >= 11 is 0. The third-order valence-corrected chi connectivity index (χ3v) is 6.23. The van der Waals surface area contributed by atoms with Crippen molar-refractivity contribution in [3.05, 3.63) is 53.3 Å². The van der Waals surface area contributed by atoms with Gasteiger partial charge in [-0.3, -0.25) is 19.1 Å². The van der Waals surface area contributed by atoms with Crippen LogP contribution in [0.15, 0.2) is 36.4 Å². The molecule has 2 N–H and O–H groups in total. The minimum Gasteiger partial charge on any atom is -0.352 e. The molecule has 1 aromatic carbocycles. The number of hydrogen-bond acceptors (Lipinski definition) is 4. The van der Waals surface area contributed by atoms with Gasteiger partial charge in [0.05, 0.1) is 0 Å². The molecule has 3 amide bonds. The van der Waals surface area contributed by atoms with E-state index < -0.39 is 11.9 Å². The van der Waals surface area contributed by atoms with Gasteiger partial charge >= 0.3 is 0 Å². The van der Waals surface area contributed by atoms with Crippen molar-refractivity contribution in [3.8, 4) is 0 Å². The van der Waals surface area contributed by atoms with Crippen molar-refractivity contribution in [1.29, 1.82) is 0 Å². The third-order valence-electron chi connectivity index (χ3n) is 6.23. The highest BCUT2D eigenvalue weighted by Crippen LogP contribution is 2.18. The minimum absolute atomic E-state index is 0.138. The lowest BCUT2D eigenvalue weighted by atomic mass is 9.95. The predicted octanol–water partition coefficient (Wildman–Crippen LogP) is 2.50. The number of carbonyl (C=O) groups excluding carboxylic acids is 3. The van der Waals surface area contributed by atoms with Crippen LogP contribution in [0.3, 0.4) is 0 Å². The van der Waals surface area contributed by atoms with E-state index in [1.165, 1.54) is 12.5 Å². The molecule has 32 heavy (non-hydrogen) atoms. The van der Waals surface area contributed by atoms with Crippen LogP contribution in [0.25, 0.3) is 0 Å². The van der Waals surface area contributed by atoms with E-state index in [4.69, 9.17) is 0 Å². The lowest BCUT2D eigenvalue weighted by Crippen LogP contribution is -2.48. The molecule has 1 aromatic heterocycles. The fourth-order valence-electron chi connectivity index (χ4n) is 4.41. The van der Waals surface area contributed by atoms with E-state index in [0.29, 0.717) is 25.3 Å². The number of hydrogen-bond donors (Lipinski definition) is 2. The van der Waals surface area contributed by atoms with Crippen LogP contribution in [0.4, 0.5) is 0 Å². The summed E-state index contributed by atoms with van der Waals surface area (Å²) in [7, 11) is 0. The Morgan fingerprint density at radius 1 is 1.09 bits per heavy atom. The van der Waals surface area contributed by atoms with Crippen LogP contribution < -0.4 is 10.6 Å². The smallest absolute Gasteiger partial charge is 0.272 e. The van der Waals surface area contributed by atoms with Gasteiger partial charge in [-0.15, -0.1) is 0 Å². The number of nitrogens with one attached hydrogen (secondary N) is 2. The standard InChI is InChI=1S/C24H31N5O3/c1-17(22(30)26-19-11-6-3-7-12-19)25-23(31)20-15-21-24(32)28(13-8-14-29(21)27-20)16-18-9-4-2-5-10-18/h2,4-5,9-10,15,17,19H,3,6-8,11-14,16H2,1H3,(H,25,31)(H,26,30)/t17-/m1/s1. The van der Waals surface area contributed by atoms with Crippen molar-refractivity contribution in [1.82, 2.24) is 25.3 Å². The van der Waals surface area contributed by atoms with Crippen molar-refractivity contribution >= 4 is 17.7 Å². The Hall–Kier alpha value is -3.16. The maximum absolute atomic E-state index is 13.1. The van der Waals surface area contributed by atoms with Gasteiger partial charge in [0.15, 0.2) is 5.69 Å². The summed E-state index contributed by atoms with van der Waals surface area (Å²) in [4.78, 5) is 40.1. The molecule has 170 valence electrons. The zero-order valence-electron chi connectivity index (χ0n) is 18.5. The summed E-state index contributed by atoms with van der Waals surface area (Å²) in [5.41, 5.74) is 1.62. The number of benzene rings is 1. The van der Waals surface area contributed by atoms with Gasteiger partial charge in [-0.25, -0.2) is 0 Å². The third kappa shape index (κ3) is 5.18. The maximum atomic E-state index is 13.1. The number of carbonyl (C=O) groups is 3. The summed E-state index contributed by atoms with van der Waals surface area (Å²) in [6, 6.07) is 10.9. The number of nitrogens with zero attached hydrogens (tertiary/aromatic N) is 3. The SMILES string of the molecule is C[C@@H](NC(=O)c1cc2n(n1)CCCN(Cc1ccccc1)C2=O)C(=O)NC1CCCCC1. The van der Waals surface area contributed by atoms with Gasteiger partial charge in [0.1, 0.15) is 11.7 Å². The molecule has 0 radical (unpaired) electrons. The van der Waals surface area contributed by atoms with Crippen molar-refractivity contribution in [2.75, 3.05) is 6.54 Å². The summed E-state index contributed by atoms with van der Waals surface area (Å²) in [6.45, 7) is 3.39. The van der Waals surface area contributed by atoms with E-state index in [0.717, 1.165) is 37.7 Å². The van der Waals surface area contributed by atoms with E-state index >= 15 is 0 Å². The van der Waals surface area contributed by atoms with Crippen LogP contribution >= 0.6 is 0 Å². The quantitative estimate of drug-likeness (QED) is 0.726. The van der Waals surface area contributed by atoms with E-state index in [-0.39, 0.29) is 23.6 Å². The normalized spacial score (nSPS) is 17.9. The zero-order valence-corrected chi connectivity index (χ0v) is 18.5. The average molecular weight is 438 g/mol. The Bertz CT molecular complexity index is 965. The molecule has 0 bridgehead atoms. The van der Waals surface area contributed by atoms with Crippen LogP contribution in [0.2, 0.25) is 0 Å². The molecule has 1 aliphatic heterocycles. The lowest BCUT2D eigenvalue weighted by Gasteiger charge is -2.24. The molecule has 0 unspecified atom stereocenters. The molecule has 1 fully saturated rings. The highest BCUT2D eigenvalue weighted by molar-refractivity contribution is 5.99. The predicted molar refractivity (Wildman–Crippen MR) is 120 cm³/mol. The van der Waals surface area contributed by atoms with Crippen molar-refractivity contribution in [3.63, 3.8) is 0 Å². The average Bonchev–Trinajstić information content (AvgIpc) is 3.18. The summed E-state index contributed by atoms with van der Waals surface area (Å²) in [5, 5.41) is 10.1. The first-order chi connectivity index (χ1) is 15.5. The minimum atomic E-state index is -0.670. The van der Waals surface area contributed by atoms with Crippen molar-refractivity contribution < 1.29 is 14.4 Å². The molecule has 8 nitrogen and oxygen atoms in total. The second-order valence-electron chi connectivity index (χ2n) is 8.74. The molecule has 2 heterocycles. The van der Waals surface area contributed by atoms with E-state index in [9.17, 15) is 14.4 Å². The molecule has 0 saturated heterocycles. The van der Waals surface area contributed by atoms with Crippen LogP contribution in [0.1, 0.15) is 72.0 Å². The first-order valence-corrected chi connectivity index (χ1v) is 11.5. The number of rotatable bonds is 6. The first-order valence-electron chi connectivity index (χ1n) is 11.5. The molecule has 1 atom stereocenters. The Kier molecular flexibility index (Phi) is 6.87. The van der Waals surface area contributed by atoms with Gasteiger partial charge in [-0.1, -0.05) is 49.6 Å². The van der Waals surface area contributed by atoms with Crippen LogP contribution in [-0.2, 0) is 17.9 Å². The Morgan fingerprint density at radius 2 is 1.84 bits per heavy atom. The molecule has 4 rings (SSSR count). The van der Waals surface area contributed by atoms with Gasteiger partial charge in [0.2, 0.25) is 5.91 Å². The van der Waals surface area contributed by atoms with Crippen molar-refractivity contribution in [2.24, 2.45) is 0 Å². The number of amides is 3. The lowest BCUT2D eigenvalue weighted by molar-refractivity contribution is -0.123. The van der Waals surface area contributed by atoms with Gasteiger partial charge in [0, 0.05) is 31.7 Å². The highest BCUT2D eigenvalue weighted by atomic mass is 16.2. The molecule has 1 aliphatic carbocycles. The monoisotopic (exact) mass is 437 g/mol. The molecular formula is C24H31N5O3. The van der Waals surface area contributed by atoms with Crippen molar-refractivity contribution in [2.45, 2.75) is 70.6 Å². The zero-order chi connectivity index (χ0) is 22.5. The van der Waals surface area contributed by atoms with Crippen LogP contribution in [0, 0.1) is 0 Å². The van der Waals surface area contributed by atoms with Gasteiger partial charge in [-0.2, -0.15) is 5.10 Å². The fourth-order valence-corrected chi connectivity index (χ4v) is 4.41. The number of aryl methyl sites for hydroxylation is 1. The maximum Gasteiger partial charge on any atom is 0.272 e. The van der Waals surface area contributed by atoms with Gasteiger partial charge < -0.3 is 15.5 Å². The molecule has 0 spiro atoms. The summed E-state index contributed by atoms with van der Waals surface area (Å²) < 4.78 is 1.61. The summed E-state index contributed by atoms with van der Waals surface area (Å²) in [5.74, 6) is -0.767. The van der Waals surface area contributed by atoms with Crippen LogP contribution in [-0.4, -0.2) is 51.0 Å². The molecule has 1 saturated carbocycles. The van der Waals surface area contributed by atoms with E-state index in [1.54, 1.807) is 16.5 Å². The van der Waals surface area contributed by atoms with E-state index in [1.807, 2.05) is 30.3 Å². The molecule has 2 aromatic rings. The van der Waals surface area contributed by atoms with Gasteiger partial charge in [-0.05, 0) is 31.7 Å². The van der Waals surface area contributed by atoms with Gasteiger partial charge in [0.25, 0.3) is 11.8 Å². The Labute approximate surface area is 188 Å². The first kappa shape index (κ1) is 22.0. The fraction of sp³-hybridized carbons (Fsp3) is 0.500. The highest BCUT2D eigenvalue weighted by Gasteiger charge is 2.28. The largest absolute Gasteiger partial charge is 0.352 e.